The largest absolute Gasteiger partial charge is 0.496 e. The molecule has 0 bridgehead atoms. The van der Waals surface area contributed by atoms with E-state index in [9.17, 15) is 9.59 Å². The van der Waals surface area contributed by atoms with Crippen LogP contribution in [0.15, 0.2) is 72.1 Å². The summed E-state index contributed by atoms with van der Waals surface area (Å²) < 4.78 is 5.55. The van der Waals surface area contributed by atoms with E-state index in [-0.39, 0.29) is 24.4 Å². The van der Waals surface area contributed by atoms with E-state index in [0.29, 0.717) is 10.6 Å². The van der Waals surface area contributed by atoms with Crippen LogP contribution >= 0.6 is 11.3 Å². The molecule has 1 aliphatic rings. The number of amides is 2. The Bertz CT molecular complexity index is 1050. The number of rotatable bonds is 8. The second-order valence-electron chi connectivity index (χ2n) is 8.38. The van der Waals surface area contributed by atoms with E-state index in [1.807, 2.05) is 72.1 Å². The maximum Gasteiger partial charge on any atom is 0.265 e. The maximum atomic E-state index is 13.7. The number of methoxy groups -OCH3 is 1. The van der Waals surface area contributed by atoms with Crippen molar-refractivity contribution in [3.8, 4) is 5.75 Å². The highest BCUT2D eigenvalue weighted by Crippen LogP contribution is 2.30. The lowest BCUT2D eigenvalue weighted by atomic mass is 9.94. The highest BCUT2D eigenvalue weighted by atomic mass is 32.1. The summed E-state index contributed by atoms with van der Waals surface area (Å²) in [7, 11) is 1.62. The molecule has 2 aromatic carbocycles. The lowest BCUT2D eigenvalue weighted by Crippen LogP contribution is -2.46. The zero-order chi connectivity index (χ0) is 23.0. The molecule has 1 aromatic heterocycles. The van der Waals surface area contributed by atoms with Gasteiger partial charge in [0.05, 0.1) is 18.5 Å². The number of para-hydroxylation sites is 1. The second-order valence-corrected chi connectivity index (χ2v) is 9.33. The van der Waals surface area contributed by atoms with Crippen molar-refractivity contribution in [1.29, 1.82) is 0 Å². The summed E-state index contributed by atoms with van der Waals surface area (Å²) in [5.74, 6) is 0.400. The topological polar surface area (TPSA) is 58.6 Å². The van der Waals surface area contributed by atoms with Gasteiger partial charge < -0.3 is 15.0 Å². The summed E-state index contributed by atoms with van der Waals surface area (Å²) in [5, 5.41) is 5.13. The lowest BCUT2D eigenvalue weighted by Gasteiger charge is -2.33. The quantitative estimate of drug-likeness (QED) is 0.475. The third-order valence-corrected chi connectivity index (χ3v) is 7.01. The summed E-state index contributed by atoms with van der Waals surface area (Å²) in [4.78, 5) is 29.8. The number of thiophene rings is 1. The number of carbonyl (C=O) groups excluding carboxylic acids is 2. The second kappa shape index (κ2) is 11.1. The Morgan fingerprint density at radius 3 is 2.42 bits per heavy atom. The van der Waals surface area contributed by atoms with E-state index in [1.165, 1.54) is 17.8 Å². The van der Waals surface area contributed by atoms with Crippen molar-refractivity contribution >= 4 is 23.2 Å². The van der Waals surface area contributed by atoms with Gasteiger partial charge in [-0.05, 0) is 35.9 Å². The number of hydrogen-bond donors (Lipinski definition) is 1. The van der Waals surface area contributed by atoms with Gasteiger partial charge in [0.15, 0.2) is 0 Å². The molecule has 1 aliphatic carbocycles. The molecule has 6 heteroatoms. The molecule has 4 rings (SSSR count). The minimum atomic E-state index is -0.743. The van der Waals surface area contributed by atoms with E-state index in [4.69, 9.17) is 4.74 Å². The van der Waals surface area contributed by atoms with Crippen molar-refractivity contribution in [2.75, 3.05) is 7.11 Å². The number of ether oxygens (including phenoxy) is 1. The zero-order valence-electron chi connectivity index (χ0n) is 18.9. The average Bonchev–Trinajstić information content (AvgIpc) is 3.40. The number of benzene rings is 2. The summed E-state index contributed by atoms with van der Waals surface area (Å²) in [6.45, 7) is 0.262. The molecule has 1 unspecified atom stereocenters. The molecule has 33 heavy (non-hydrogen) atoms. The Kier molecular flexibility index (Phi) is 7.79. The van der Waals surface area contributed by atoms with Crippen molar-refractivity contribution < 1.29 is 14.3 Å². The predicted octanol–water partition coefficient (Wildman–Crippen LogP) is 5.59. The summed E-state index contributed by atoms with van der Waals surface area (Å²) in [6, 6.07) is 20.3. The lowest BCUT2D eigenvalue weighted by molar-refractivity contribution is -0.127. The van der Waals surface area contributed by atoms with E-state index >= 15 is 0 Å². The molecule has 0 aliphatic heterocycles. The van der Waals surface area contributed by atoms with Crippen LogP contribution in [0.5, 0.6) is 5.75 Å². The first-order chi connectivity index (χ1) is 16.2. The first-order valence-corrected chi connectivity index (χ1v) is 12.4. The van der Waals surface area contributed by atoms with E-state index < -0.39 is 6.04 Å². The summed E-state index contributed by atoms with van der Waals surface area (Å²) in [5.41, 5.74) is 1.65. The van der Waals surface area contributed by atoms with Gasteiger partial charge >= 0.3 is 0 Å². The Balaban J connectivity index is 1.73. The Morgan fingerprint density at radius 1 is 1.00 bits per heavy atom. The Morgan fingerprint density at radius 2 is 1.73 bits per heavy atom. The average molecular weight is 463 g/mol. The zero-order valence-corrected chi connectivity index (χ0v) is 19.7. The van der Waals surface area contributed by atoms with Crippen molar-refractivity contribution in [3.63, 3.8) is 0 Å². The molecule has 0 saturated heterocycles. The van der Waals surface area contributed by atoms with Crippen LogP contribution in [-0.2, 0) is 11.3 Å². The van der Waals surface area contributed by atoms with Crippen LogP contribution in [-0.4, -0.2) is 29.9 Å². The van der Waals surface area contributed by atoms with Crippen molar-refractivity contribution in [2.24, 2.45) is 0 Å². The predicted molar refractivity (Wildman–Crippen MR) is 131 cm³/mol. The number of carbonyl (C=O) groups is 2. The minimum Gasteiger partial charge on any atom is -0.496 e. The van der Waals surface area contributed by atoms with E-state index in [1.54, 1.807) is 12.0 Å². The fraction of sp³-hybridized carbons (Fsp3) is 0.333. The van der Waals surface area contributed by atoms with Gasteiger partial charge in [-0.15, -0.1) is 11.3 Å². The van der Waals surface area contributed by atoms with Crippen LogP contribution in [0.2, 0.25) is 0 Å². The molecule has 5 nitrogen and oxygen atoms in total. The molecule has 1 heterocycles. The van der Waals surface area contributed by atoms with Gasteiger partial charge in [-0.25, -0.2) is 0 Å². The third-order valence-electron chi connectivity index (χ3n) is 6.15. The van der Waals surface area contributed by atoms with Crippen LogP contribution in [0.4, 0.5) is 0 Å². The fourth-order valence-electron chi connectivity index (χ4n) is 4.47. The molecule has 1 atom stereocenters. The van der Waals surface area contributed by atoms with E-state index in [2.05, 4.69) is 5.32 Å². The van der Waals surface area contributed by atoms with Gasteiger partial charge in [-0.2, -0.15) is 0 Å². The fourth-order valence-corrected chi connectivity index (χ4v) is 5.15. The molecule has 1 N–H and O–H groups in total. The highest BCUT2D eigenvalue weighted by molar-refractivity contribution is 7.12. The molecule has 1 fully saturated rings. The Hall–Kier alpha value is -3.12. The van der Waals surface area contributed by atoms with Gasteiger partial charge in [0.1, 0.15) is 11.8 Å². The summed E-state index contributed by atoms with van der Waals surface area (Å²) >= 11 is 1.39. The minimum absolute atomic E-state index is 0.132. The number of nitrogens with zero attached hydrogens (tertiary/aromatic N) is 1. The van der Waals surface area contributed by atoms with Crippen LogP contribution in [0.25, 0.3) is 0 Å². The van der Waals surface area contributed by atoms with Crippen LogP contribution in [0, 0.1) is 0 Å². The van der Waals surface area contributed by atoms with Crippen molar-refractivity contribution in [1.82, 2.24) is 10.2 Å². The molecular weight excluding hydrogens is 432 g/mol. The smallest absolute Gasteiger partial charge is 0.265 e. The monoisotopic (exact) mass is 462 g/mol. The number of nitrogens with one attached hydrogen (secondary N) is 1. The van der Waals surface area contributed by atoms with Crippen molar-refractivity contribution in [2.45, 2.75) is 50.7 Å². The van der Waals surface area contributed by atoms with Crippen LogP contribution in [0.3, 0.4) is 0 Å². The van der Waals surface area contributed by atoms with Crippen LogP contribution in [0.1, 0.15) is 58.9 Å². The Labute approximate surface area is 199 Å². The molecule has 172 valence electrons. The maximum absolute atomic E-state index is 13.7. The normalized spacial score (nSPS) is 14.9. The van der Waals surface area contributed by atoms with Gasteiger partial charge in [0.25, 0.3) is 5.91 Å². The van der Waals surface area contributed by atoms with Gasteiger partial charge in [-0.3, -0.25) is 9.59 Å². The summed E-state index contributed by atoms with van der Waals surface area (Å²) in [6.07, 6.45) is 5.43. The highest BCUT2D eigenvalue weighted by Gasteiger charge is 2.34. The molecule has 0 spiro atoms. The van der Waals surface area contributed by atoms with Gasteiger partial charge in [-0.1, -0.05) is 73.9 Å². The first kappa shape index (κ1) is 23.1. The molecule has 2 amide bonds. The molecule has 0 radical (unpaired) electrons. The van der Waals surface area contributed by atoms with Crippen molar-refractivity contribution in [3.05, 3.63) is 88.1 Å². The number of hydrogen-bond acceptors (Lipinski definition) is 4. The molecular formula is C27H30N2O3S. The van der Waals surface area contributed by atoms with Crippen LogP contribution < -0.4 is 10.1 Å². The first-order valence-electron chi connectivity index (χ1n) is 11.5. The van der Waals surface area contributed by atoms with E-state index in [0.717, 1.165) is 36.8 Å². The molecule has 1 saturated carbocycles. The van der Waals surface area contributed by atoms with Gasteiger partial charge in [0, 0.05) is 11.6 Å². The van der Waals surface area contributed by atoms with Gasteiger partial charge in [0.2, 0.25) is 5.91 Å². The molecule has 3 aromatic rings. The SMILES string of the molecule is COc1ccccc1CN(C(=O)c1cccs1)C(C(=O)NC1CCCCC1)c1ccccc1. The standard InChI is InChI=1S/C27H30N2O3S/c1-32-23-16-9-8-13-21(23)19-29(27(31)24-17-10-18-33-24)25(20-11-4-2-5-12-20)26(30)28-22-14-6-3-7-15-22/h2,4-5,8-13,16-18,22,25H,3,6-7,14-15,19H2,1H3,(H,28,30). The third kappa shape index (κ3) is 5.63.